The first-order valence-corrected chi connectivity index (χ1v) is 8.55. The highest BCUT2D eigenvalue weighted by Gasteiger charge is 2.25. The van der Waals surface area contributed by atoms with Crippen molar-refractivity contribution in [1.82, 2.24) is 4.72 Å². The zero-order chi connectivity index (χ0) is 16.2. The van der Waals surface area contributed by atoms with Gasteiger partial charge in [0.25, 0.3) is 0 Å². The van der Waals surface area contributed by atoms with E-state index in [1.165, 1.54) is 0 Å². The van der Waals surface area contributed by atoms with E-state index in [0.29, 0.717) is 5.56 Å². The van der Waals surface area contributed by atoms with Crippen molar-refractivity contribution < 1.29 is 18.3 Å². The lowest BCUT2D eigenvalue weighted by Crippen LogP contribution is -2.42. The molecule has 0 bridgehead atoms. The standard InChI is InChI=1S/C15H23NO4S/c1-10(2)7-14(15(17)18)16-21(19,20)9-13-6-5-11(3)12(4)8-13/h5-6,8,10,14,16H,7,9H2,1-4H3,(H,17,18). The lowest BCUT2D eigenvalue weighted by Gasteiger charge is -2.16. The van der Waals surface area contributed by atoms with Crippen molar-refractivity contribution >= 4 is 16.0 Å². The Bertz CT molecular complexity index is 608. The van der Waals surface area contributed by atoms with Gasteiger partial charge in [0, 0.05) is 0 Å². The fourth-order valence-electron chi connectivity index (χ4n) is 2.04. The third-order valence-corrected chi connectivity index (χ3v) is 4.61. The van der Waals surface area contributed by atoms with E-state index in [1.54, 1.807) is 6.07 Å². The van der Waals surface area contributed by atoms with Gasteiger partial charge in [0.2, 0.25) is 10.0 Å². The summed E-state index contributed by atoms with van der Waals surface area (Å²) in [6.45, 7) is 7.58. The van der Waals surface area contributed by atoms with Crippen LogP contribution in [0.15, 0.2) is 18.2 Å². The van der Waals surface area contributed by atoms with Crippen molar-refractivity contribution in [3.63, 3.8) is 0 Å². The Hall–Kier alpha value is -1.40. The predicted octanol–water partition coefficient (Wildman–Crippen LogP) is 2.22. The molecule has 0 aromatic heterocycles. The fraction of sp³-hybridized carbons (Fsp3) is 0.533. The van der Waals surface area contributed by atoms with Crippen LogP contribution in [0.1, 0.15) is 37.0 Å². The van der Waals surface area contributed by atoms with Crippen LogP contribution in [-0.4, -0.2) is 25.5 Å². The smallest absolute Gasteiger partial charge is 0.321 e. The van der Waals surface area contributed by atoms with E-state index in [0.717, 1.165) is 11.1 Å². The van der Waals surface area contributed by atoms with Crippen molar-refractivity contribution in [3.8, 4) is 0 Å². The molecule has 0 saturated heterocycles. The molecule has 1 atom stereocenters. The molecule has 0 heterocycles. The predicted molar refractivity (Wildman–Crippen MR) is 82.6 cm³/mol. The van der Waals surface area contributed by atoms with Gasteiger partial charge in [0.15, 0.2) is 0 Å². The number of nitrogens with one attached hydrogen (secondary N) is 1. The summed E-state index contributed by atoms with van der Waals surface area (Å²) >= 11 is 0. The molecule has 1 aromatic carbocycles. The molecular weight excluding hydrogens is 290 g/mol. The minimum absolute atomic E-state index is 0.0930. The number of hydrogen-bond donors (Lipinski definition) is 2. The van der Waals surface area contributed by atoms with Crippen LogP contribution in [0, 0.1) is 19.8 Å². The lowest BCUT2D eigenvalue weighted by molar-refractivity contribution is -0.139. The Kier molecular flexibility index (Phi) is 5.92. The third-order valence-electron chi connectivity index (χ3n) is 3.26. The zero-order valence-electron chi connectivity index (χ0n) is 12.9. The molecule has 0 aliphatic carbocycles. The third kappa shape index (κ3) is 5.85. The first-order valence-electron chi connectivity index (χ1n) is 6.89. The normalized spacial score (nSPS) is 13.4. The summed E-state index contributed by atoms with van der Waals surface area (Å²) in [4.78, 5) is 11.1. The molecule has 6 heteroatoms. The Morgan fingerprint density at radius 1 is 1.24 bits per heavy atom. The summed E-state index contributed by atoms with van der Waals surface area (Å²) in [6.07, 6.45) is 0.265. The molecule has 21 heavy (non-hydrogen) atoms. The number of carboxylic acid groups (broad SMARTS) is 1. The Morgan fingerprint density at radius 3 is 2.33 bits per heavy atom. The average molecular weight is 313 g/mol. The molecule has 0 amide bonds. The second-order valence-corrected chi connectivity index (χ2v) is 7.57. The number of carbonyl (C=O) groups is 1. The first kappa shape index (κ1) is 17.7. The molecule has 0 spiro atoms. The quantitative estimate of drug-likeness (QED) is 0.808. The summed E-state index contributed by atoms with van der Waals surface area (Å²) in [5, 5.41) is 9.11. The maximum atomic E-state index is 12.1. The van der Waals surface area contributed by atoms with Gasteiger partial charge in [-0.1, -0.05) is 32.0 Å². The zero-order valence-corrected chi connectivity index (χ0v) is 13.7. The summed E-state index contributed by atoms with van der Waals surface area (Å²) in [5.41, 5.74) is 2.76. The van der Waals surface area contributed by atoms with Crippen molar-refractivity contribution in [2.45, 2.75) is 45.9 Å². The average Bonchev–Trinajstić information content (AvgIpc) is 2.31. The number of benzene rings is 1. The molecule has 0 aliphatic rings. The highest BCUT2D eigenvalue weighted by molar-refractivity contribution is 7.88. The van der Waals surface area contributed by atoms with Gasteiger partial charge >= 0.3 is 5.97 Å². The number of rotatable bonds is 7. The molecule has 1 unspecified atom stereocenters. The van der Waals surface area contributed by atoms with Gasteiger partial charge in [-0.2, -0.15) is 0 Å². The van der Waals surface area contributed by atoms with E-state index in [-0.39, 0.29) is 18.1 Å². The minimum atomic E-state index is -3.68. The van der Waals surface area contributed by atoms with Crippen LogP contribution in [-0.2, 0) is 20.6 Å². The van der Waals surface area contributed by atoms with Crippen LogP contribution in [0.4, 0.5) is 0 Å². The number of aryl methyl sites for hydroxylation is 2. The molecule has 0 saturated carbocycles. The van der Waals surface area contributed by atoms with Gasteiger partial charge in [0.05, 0.1) is 5.75 Å². The molecular formula is C15H23NO4S. The van der Waals surface area contributed by atoms with E-state index in [9.17, 15) is 13.2 Å². The van der Waals surface area contributed by atoms with Crippen molar-refractivity contribution in [2.75, 3.05) is 0 Å². The summed E-state index contributed by atoms with van der Waals surface area (Å²) in [6, 6.07) is 4.34. The highest BCUT2D eigenvalue weighted by atomic mass is 32.2. The largest absolute Gasteiger partial charge is 0.480 e. The van der Waals surface area contributed by atoms with Crippen LogP contribution in [0.3, 0.4) is 0 Å². The molecule has 118 valence electrons. The van der Waals surface area contributed by atoms with E-state index in [4.69, 9.17) is 5.11 Å². The number of carboxylic acids is 1. The molecule has 5 nitrogen and oxygen atoms in total. The lowest BCUT2D eigenvalue weighted by atomic mass is 10.1. The monoisotopic (exact) mass is 313 g/mol. The second-order valence-electron chi connectivity index (χ2n) is 5.82. The van der Waals surface area contributed by atoms with Crippen molar-refractivity contribution in [1.29, 1.82) is 0 Å². The topological polar surface area (TPSA) is 83.5 Å². The maximum Gasteiger partial charge on any atom is 0.321 e. The van der Waals surface area contributed by atoms with Gasteiger partial charge in [-0.05, 0) is 42.9 Å². The molecule has 0 aliphatic heterocycles. The van der Waals surface area contributed by atoms with E-state index in [2.05, 4.69) is 4.72 Å². The first-order chi connectivity index (χ1) is 9.60. The second kappa shape index (κ2) is 7.04. The minimum Gasteiger partial charge on any atom is -0.480 e. The van der Waals surface area contributed by atoms with Crippen LogP contribution in [0.25, 0.3) is 0 Å². The van der Waals surface area contributed by atoms with Crippen molar-refractivity contribution in [2.24, 2.45) is 5.92 Å². The van der Waals surface area contributed by atoms with E-state index in [1.807, 2.05) is 39.8 Å². The highest BCUT2D eigenvalue weighted by Crippen LogP contribution is 2.13. The van der Waals surface area contributed by atoms with Crippen LogP contribution < -0.4 is 4.72 Å². The number of hydrogen-bond acceptors (Lipinski definition) is 3. The number of aliphatic carboxylic acids is 1. The van der Waals surface area contributed by atoms with Crippen LogP contribution >= 0.6 is 0 Å². The summed E-state index contributed by atoms with van der Waals surface area (Å²) in [5.74, 6) is -1.27. The van der Waals surface area contributed by atoms with E-state index >= 15 is 0 Å². The van der Waals surface area contributed by atoms with Crippen LogP contribution in [0.5, 0.6) is 0 Å². The fourth-order valence-corrected chi connectivity index (χ4v) is 3.37. The van der Waals surface area contributed by atoms with Gasteiger partial charge in [-0.15, -0.1) is 0 Å². The summed E-state index contributed by atoms with van der Waals surface area (Å²) < 4.78 is 26.5. The summed E-state index contributed by atoms with van der Waals surface area (Å²) in [7, 11) is -3.68. The molecule has 0 radical (unpaired) electrons. The maximum absolute atomic E-state index is 12.1. The van der Waals surface area contributed by atoms with Gasteiger partial charge in [-0.3, -0.25) is 4.79 Å². The SMILES string of the molecule is Cc1ccc(CS(=O)(=O)NC(CC(C)C)C(=O)O)cc1C. The Labute approximate surface area is 126 Å². The van der Waals surface area contributed by atoms with Gasteiger partial charge in [0.1, 0.15) is 6.04 Å². The van der Waals surface area contributed by atoms with E-state index < -0.39 is 22.0 Å². The van der Waals surface area contributed by atoms with Crippen LogP contribution in [0.2, 0.25) is 0 Å². The Morgan fingerprint density at radius 2 is 1.86 bits per heavy atom. The van der Waals surface area contributed by atoms with Gasteiger partial charge < -0.3 is 5.11 Å². The van der Waals surface area contributed by atoms with Gasteiger partial charge in [-0.25, -0.2) is 13.1 Å². The Balaban J connectivity index is 2.84. The molecule has 1 aromatic rings. The molecule has 1 rings (SSSR count). The molecule has 2 N–H and O–H groups in total. The number of sulfonamides is 1. The van der Waals surface area contributed by atoms with Crippen molar-refractivity contribution in [3.05, 3.63) is 34.9 Å². The molecule has 0 fully saturated rings.